The van der Waals surface area contributed by atoms with Crippen LogP contribution < -0.4 is 5.32 Å². The molecule has 0 spiro atoms. The molecule has 1 aliphatic rings. The topological polar surface area (TPSA) is 117 Å². The van der Waals surface area contributed by atoms with E-state index in [4.69, 9.17) is 0 Å². The van der Waals surface area contributed by atoms with Gasteiger partial charge in [0.25, 0.3) is 0 Å². The van der Waals surface area contributed by atoms with Crippen LogP contribution in [0.2, 0.25) is 0 Å². The normalized spacial score (nSPS) is 14.0. The summed E-state index contributed by atoms with van der Waals surface area (Å²) in [5.41, 5.74) is 7.92. The average Bonchev–Trinajstić information content (AvgIpc) is 3.74. The van der Waals surface area contributed by atoms with Gasteiger partial charge in [0.15, 0.2) is 5.65 Å². The monoisotopic (exact) mass is 502 g/mol. The number of fused-ring (bicyclic) bond motifs is 2. The van der Waals surface area contributed by atoms with Crippen LogP contribution in [0.15, 0.2) is 67.5 Å². The van der Waals surface area contributed by atoms with E-state index in [0.717, 1.165) is 75.9 Å². The number of amides is 1. The van der Waals surface area contributed by atoms with Gasteiger partial charge >= 0.3 is 0 Å². The first-order valence-corrected chi connectivity index (χ1v) is 12.9. The maximum absolute atomic E-state index is 12.6. The third kappa shape index (κ3) is 3.92. The Kier molecular flexibility index (Phi) is 5.28. The molecular weight excluding hydrogens is 476 g/mol. The molecule has 1 aromatic carbocycles. The summed E-state index contributed by atoms with van der Waals surface area (Å²) in [5, 5.41) is 12.6. The molecule has 1 fully saturated rings. The second-order valence-electron chi connectivity index (χ2n) is 9.97. The summed E-state index contributed by atoms with van der Waals surface area (Å²) in [6.07, 6.45) is 13.3. The molecular formula is C29H26N8O. The molecule has 0 saturated heterocycles. The molecule has 0 bridgehead atoms. The summed E-state index contributed by atoms with van der Waals surface area (Å²) in [5.74, 6) is 0.177. The molecule has 6 aromatic rings. The summed E-state index contributed by atoms with van der Waals surface area (Å²) in [4.78, 5) is 29.5. The fourth-order valence-corrected chi connectivity index (χ4v) is 5.41. The first-order chi connectivity index (χ1) is 18.6. The van der Waals surface area contributed by atoms with Crippen molar-refractivity contribution in [1.29, 1.82) is 0 Å². The van der Waals surface area contributed by atoms with E-state index in [1.165, 1.54) is 0 Å². The molecule has 1 saturated carbocycles. The van der Waals surface area contributed by atoms with Gasteiger partial charge in [-0.15, -0.1) is 0 Å². The third-order valence-electron chi connectivity index (χ3n) is 7.38. The fraction of sp³-hybridized carbons (Fsp3) is 0.207. The molecule has 5 aromatic heterocycles. The van der Waals surface area contributed by atoms with E-state index in [2.05, 4.69) is 59.7 Å². The Bertz CT molecular complexity index is 1800. The SMILES string of the molecule is Cc1cn(-c2cccc3[nH]c(-c4[nH]nc5ncc(-c6cncc(NC(=O)C7CCCC7)c6)cc45)cc23)cn1. The summed E-state index contributed by atoms with van der Waals surface area (Å²) >= 11 is 0. The Labute approximate surface area is 218 Å². The van der Waals surface area contributed by atoms with Gasteiger partial charge in [-0.2, -0.15) is 5.10 Å². The van der Waals surface area contributed by atoms with Gasteiger partial charge in [0, 0.05) is 51.9 Å². The predicted octanol–water partition coefficient (Wildman–Crippen LogP) is 5.79. The molecule has 188 valence electrons. The number of hydrogen-bond donors (Lipinski definition) is 3. The van der Waals surface area contributed by atoms with Crippen molar-refractivity contribution in [2.45, 2.75) is 32.6 Å². The molecule has 1 aliphatic carbocycles. The lowest BCUT2D eigenvalue weighted by Gasteiger charge is -2.11. The van der Waals surface area contributed by atoms with E-state index in [-0.39, 0.29) is 11.8 Å². The van der Waals surface area contributed by atoms with Crippen LogP contribution in [0, 0.1) is 12.8 Å². The van der Waals surface area contributed by atoms with E-state index < -0.39 is 0 Å². The van der Waals surface area contributed by atoms with Gasteiger partial charge in [0.2, 0.25) is 5.91 Å². The minimum absolute atomic E-state index is 0.0798. The van der Waals surface area contributed by atoms with E-state index in [0.29, 0.717) is 11.3 Å². The van der Waals surface area contributed by atoms with Gasteiger partial charge in [-0.05, 0) is 50.1 Å². The number of aryl methyl sites for hydroxylation is 1. The number of carbonyl (C=O) groups excluding carboxylic acids is 1. The summed E-state index contributed by atoms with van der Waals surface area (Å²) < 4.78 is 2.03. The highest BCUT2D eigenvalue weighted by Gasteiger charge is 2.23. The predicted molar refractivity (Wildman–Crippen MR) is 147 cm³/mol. The number of rotatable bonds is 5. The van der Waals surface area contributed by atoms with Gasteiger partial charge in [-0.25, -0.2) is 9.97 Å². The Morgan fingerprint density at radius 3 is 2.74 bits per heavy atom. The Morgan fingerprint density at radius 1 is 1.03 bits per heavy atom. The average molecular weight is 503 g/mol. The molecule has 0 aliphatic heterocycles. The number of H-pyrrole nitrogens is 2. The zero-order valence-electron chi connectivity index (χ0n) is 20.9. The van der Waals surface area contributed by atoms with Crippen LogP contribution in [0.4, 0.5) is 5.69 Å². The number of nitrogens with one attached hydrogen (secondary N) is 3. The number of anilines is 1. The molecule has 7 rings (SSSR count). The molecule has 38 heavy (non-hydrogen) atoms. The standard InChI is InChI=1S/C29H26N8O/c1-17-15-37(16-32-17)26-8-4-7-24-22(26)11-25(34-24)27-23-10-20(13-31-28(23)36-35-27)19-9-21(14-30-12-19)33-29(38)18-5-2-3-6-18/h4,7-16,18,34H,2-3,5-6H2,1H3,(H,33,38)(H,31,35,36). The number of hydrogen-bond acceptors (Lipinski definition) is 5. The van der Waals surface area contributed by atoms with Crippen molar-refractivity contribution in [3.63, 3.8) is 0 Å². The van der Waals surface area contributed by atoms with Crippen molar-refractivity contribution in [1.82, 2.24) is 34.7 Å². The van der Waals surface area contributed by atoms with E-state index in [1.807, 2.05) is 36.1 Å². The Morgan fingerprint density at radius 2 is 1.89 bits per heavy atom. The first-order valence-electron chi connectivity index (χ1n) is 12.9. The van der Waals surface area contributed by atoms with Crippen LogP contribution in [0.5, 0.6) is 0 Å². The maximum Gasteiger partial charge on any atom is 0.227 e. The van der Waals surface area contributed by atoms with Crippen LogP contribution in [0.25, 0.3) is 50.1 Å². The molecule has 5 heterocycles. The number of imidazole rings is 1. The lowest BCUT2D eigenvalue weighted by Crippen LogP contribution is -2.20. The van der Waals surface area contributed by atoms with Crippen molar-refractivity contribution >= 4 is 33.5 Å². The van der Waals surface area contributed by atoms with Gasteiger partial charge < -0.3 is 14.9 Å². The lowest BCUT2D eigenvalue weighted by molar-refractivity contribution is -0.119. The molecule has 3 N–H and O–H groups in total. The van der Waals surface area contributed by atoms with Gasteiger partial charge in [0.1, 0.15) is 0 Å². The molecule has 0 atom stereocenters. The zero-order valence-corrected chi connectivity index (χ0v) is 20.9. The van der Waals surface area contributed by atoms with Crippen LogP contribution >= 0.6 is 0 Å². The summed E-state index contributed by atoms with van der Waals surface area (Å²) in [6, 6.07) is 12.3. The summed E-state index contributed by atoms with van der Waals surface area (Å²) in [6.45, 7) is 1.98. The number of benzene rings is 1. The first kappa shape index (κ1) is 22.4. The number of aromatic nitrogens is 7. The van der Waals surface area contributed by atoms with E-state index in [9.17, 15) is 4.79 Å². The molecule has 0 unspecified atom stereocenters. The smallest absolute Gasteiger partial charge is 0.227 e. The lowest BCUT2D eigenvalue weighted by atomic mass is 10.1. The highest BCUT2D eigenvalue weighted by molar-refractivity contribution is 5.98. The highest BCUT2D eigenvalue weighted by Crippen LogP contribution is 2.33. The minimum Gasteiger partial charge on any atom is -0.353 e. The highest BCUT2D eigenvalue weighted by atomic mass is 16.1. The third-order valence-corrected chi connectivity index (χ3v) is 7.38. The summed E-state index contributed by atoms with van der Waals surface area (Å²) in [7, 11) is 0. The van der Waals surface area contributed by atoms with E-state index in [1.54, 1.807) is 18.6 Å². The zero-order chi connectivity index (χ0) is 25.6. The van der Waals surface area contributed by atoms with Crippen LogP contribution in [0.1, 0.15) is 31.4 Å². The van der Waals surface area contributed by atoms with Gasteiger partial charge in [0.05, 0.1) is 41.0 Å². The second kappa shape index (κ2) is 8.95. The molecule has 9 heteroatoms. The second-order valence-corrected chi connectivity index (χ2v) is 9.97. The van der Waals surface area contributed by atoms with Gasteiger partial charge in [-0.1, -0.05) is 18.9 Å². The van der Waals surface area contributed by atoms with Crippen LogP contribution in [-0.2, 0) is 4.79 Å². The fourth-order valence-electron chi connectivity index (χ4n) is 5.41. The van der Waals surface area contributed by atoms with Gasteiger partial charge in [-0.3, -0.25) is 14.9 Å². The van der Waals surface area contributed by atoms with Crippen molar-refractivity contribution in [3.8, 4) is 28.2 Å². The quantitative estimate of drug-likeness (QED) is 0.276. The Hall–Kier alpha value is -4.79. The Balaban J connectivity index is 1.24. The molecule has 9 nitrogen and oxygen atoms in total. The number of carbonyl (C=O) groups is 1. The van der Waals surface area contributed by atoms with Crippen molar-refractivity contribution < 1.29 is 4.79 Å². The minimum atomic E-state index is 0.0798. The van der Waals surface area contributed by atoms with Crippen molar-refractivity contribution in [3.05, 3.63) is 73.2 Å². The largest absolute Gasteiger partial charge is 0.353 e. The van der Waals surface area contributed by atoms with Crippen LogP contribution in [-0.4, -0.2) is 40.6 Å². The maximum atomic E-state index is 12.6. The molecule has 1 amide bonds. The number of aromatic amines is 2. The van der Waals surface area contributed by atoms with Crippen LogP contribution in [0.3, 0.4) is 0 Å². The molecule has 0 radical (unpaired) electrons. The van der Waals surface area contributed by atoms with E-state index >= 15 is 0 Å². The van der Waals surface area contributed by atoms with Crippen molar-refractivity contribution in [2.75, 3.05) is 5.32 Å². The van der Waals surface area contributed by atoms with Crippen molar-refractivity contribution in [2.24, 2.45) is 5.92 Å². The number of nitrogens with zero attached hydrogens (tertiary/aromatic N) is 5. The number of pyridine rings is 2.